The minimum absolute atomic E-state index is 0. The lowest BCUT2D eigenvalue weighted by molar-refractivity contribution is 0.0695. The summed E-state index contributed by atoms with van der Waals surface area (Å²) in [7, 11) is -1.00. The second kappa shape index (κ2) is 36.2. The molecule has 9 heterocycles. The van der Waals surface area contributed by atoms with Crippen molar-refractivity contribution in [2.75, 3.05) is 7.15 Å². The van der Waals surface area contributed by atoms with Gasteiger partial charge >= 0.3 is 5.97 Å². The number of carboxylic acid groups (broad SMARTS) is 1. The van der Waals surface area contributed by atoms with Gasteiger partial charge in [0.1, 0.15) is 35.7 Å². The molecule has 6 aromatic carbocycles. The van der Waals surface area contributed by atoms with E-state index < -0.39 is 13.1 Å². The zero-order valence-electron chi connectivity index (χ0n) is 56.3. The normalized spacial score (nSPS) is 10.6. The number of hydrogen-bond acceptors (Lipinski definition) is 13. The number of nitrogens with one attached hydrogen (secondary N) is 5. The number of carbonyl (C=O) groups excluding carboxylic acids is 2. The van der Waals surface area contributed by atoms with Gasteiger partial charge in [-0.25, -0.2) is 18.0 Å². The summed E-state index contributed by atoms with van der Waals surface area (Å²) in [4.78, 5) is 70.9. The molecule has 0 radical (unpaired) electrons. The third-order valence-electron chi connectivity index (χ3n) is 16.4. The maximum absolute atomic E-state index is 14.3. The second-order valence-electron chi connectivity index (χ2n) is 23.5. The zero-order chi connectivity index (χ0) is 75.0. The summed E-state index contributed by atoms with van der Waals surface area (Å²) in [6.07, 6.45) is 15.6. The number of aromatic nitrogens is 9. The van der Waals surface area contributed by atoms with Crippen LogP contribution in [0.4, 0.5) is 17.6 Å². The van der Waals surface area contributed by atoms with Crippen molar-refractivity contribution in [3.05, 3.63) is 318 Å². The van der Waals surface area contributed by atoms with Crippen molar-refractivity contribution < 1.29 is 38.4 Å². The lowest BCUT2D eigenvalue weighted by atomic mass is 10.0. The molecule has 0 aliphatic heterocycles. The first-order chi connectivity index (χ1) is 51.3. The van der Waals surface area contributed by atoms with Crippen molar-refractivity contribution in [1.29, 1.82) is 15.8 Å². The molecule has 0 fully saturated rings. The minimum Gasteiger partial charge on any atom is -0.478 e. The molecular formula is C80H61Cl4F4N15O4. The highest BCUT2D eigenvalue weighted by molar-refractivity contribution is 6.31. The third kappa shape index (κ3) is 19.4. The highest BCUT2D eigenvalue weighted by Gasteiger charge is 2.17. The Kier molecular flexibility index (Phi) is 26.0. The number of fused-ring (bicyclic) bond motifs is 6. The molecule has 0 unspecified atom stereocenters. The second-order valence-corrected chi connectivity index (χ2v) is 24.8. The Morgan fingerprint density at radius 1 is 0.477 bits per heavy atom. The number of nitrogens with zero attached hydrogens (tertiary/aromatic N) is 9. The monoisotopic (exact) mass is 1510 g/mol. The Labute approximate surface area is 631 Å². The van der Waals surface area contributed by atoms with Gasteiger partial charge in [-0.15, -0.1) is 12.4 Å². The fourth-order valence-electron chi connectivity index (χ4n) is 11.5. The topological polar surface area (TPSA) is 318 Å². The van der Waals surface area contributed by atoms with Crippen molar-refractivity contribution in [3.8, 4) is 18.2 Å². The molecule has 19 nitrogen and oxygen atoms in total. The highest BCUT2D eigenvalue weighted by Crippen LogP contribution is 2.28. The average Bonchev–Trinajstić information content (AvgIpc) is 1.21. The van der Waals surface area contributed by atoms with E-state index >= 15 is 0 Å². The van der Waals surface area contributed by atoms with Crippen LogP contribution in [-0.4, -0.2) is 74.9 Å². The van der Waals surface area contributed by atoms with E-state index in [9.17, 15) is 47.7 Å². The lowest BCUT2D eigenvalue weighted by Crippen LogP contribution is -2.23. The molecule has 0 bridgehead atoms. The molecule has 27 heteroatoms. The Morgan fingerprint density at radius 2 is 0.794 bits per heavy atom. The van der Waals surface area contributed by atoms with Crippen LogP contribution in [0.2, 0.25) is 15.1 Å². The van der Waals surface area contributed by atoms with Crippen LogP contribution in [0.25, 0.3) is 65.4 Å². The predicted octanol–water partition coefficient (Wildman–Crippen LogP) is 17.4. The summed E-state index contributed by atoms with van der Waals surface area (Å²) < 4.78 is 57.3. The van der Waals surface area contributed by atoms with Gasteiger partial charge in [0, 0.05) is 172 Å². The van der Waals surface area contributed by atoms with Crippen LogP contribution in [0.15, 0.2) is 201 Å². The standard InChI is InChI=1S/2C26H17ClFN5O.C17H10ClN3O2.C9H9FN2.CH3F.CH4.ClH/c2*27-21-9-18-5-15(6-19(12-29)25(18)32-14-21)7-22-10-17(2-3-30-22)26(34)33-13-20-8-16-1-4-31-24(16)11-23(20)28;18-14-6-12-3-10(4-13(8-19)16(12)21-9-14)5-15-7-11(17(22)23)1-2-20-15;10-8-4-9-6(1-2-12-9)3-7(8)5-11;1-2;;/h2*1-6,8-11,14,31H,7,13H2,(H,33,34);1-4,6-7,9H,5H2,(H,22,23);1-4,12H,5,11H2;1H3;1H4;1H/i;;;;1D;;. The van der Waals surface area contributed by atoms with Gasteiger partial charge < -0.3 is 36.4 Å². The number of carbonyl (C=O) groups is 3. The van der Waals surface area contributed by atoms with Gasteiger partial charge in [-0.1, -0.05) is 42.2 Å². The number of aromatic amines is 3. The number of rotatable bonds is 14. The van der Waals surface area contributed by atoms with Gasteiger partial charge in [-0.2, -0.15) is 15.8 Å². The van der Waals surface area contributed by atoms with Crippen LogP contribution in [0, 0.1) is 51.4 Å². The number of aromatic carboxylic acids is 1. The van der Waals surface area contributed by atoms with E-state index in [0.29, 0.717) is 124 Å². The number of amides is 2. The molecule has 0 atom stereocenters. The van der Waals surface area contributed by atoms with Crippen LogP contribution >= 0.6 is 47.2 Å². The van der Waals surface area contributed by atoms with Gasteiger partial charge in [0.25, 0.3) is 11.8 Å². The molecule has 0 spiro atoms. The summed E-state index contributed by atoms with van der Waals surface area (Å²) in [5.74, 6) is -2.67. The van der Waals surface area contributed by atoms with E-state index in [2.05, 4.69) is 73.7 Å². The largest absolute Gasteiger partial charge is 0.478 e. The van der Waals surface area contributed by atoms with Crippen LogP contribution < -0.4 is 16.4 Å². The summed E-state index contributed by atoms with van der Waals surface area (Å²) in [6.45, 7) is 0.369. The number of carboxylic acids is 1. The zero-order valence-corrected chi connectivity index (χ0v) is 58.4. The molecule has 15 rings (SSSR count). The van der Waals surface area contributed by atoms with Gasteiger partial charge in [0.15, 0.2) is 0 Å². The van der Waals surface area contributed by atoms with Crippen molar-refractivity contribution >= 4 is 130 Å². The van der Waals surface area contributed by atoms with Crippen LogP contribution in [0.5, 0.6) is 0 Å². The molecule has 107 heavy (non-hydrogen) atoms. The summed E-state index contributed by atoms with van der Waals surface area (Å²) in [5.41, 5.74) is 17.5. The number of nitriles is 3. The van der Waals surface area contributed by atoms with Crippen LogP contribution in [0.1, 0.15) is 107 Å². The quantitative estimate of drug-likeness (QED) is 0.0498. The summed E-state index contributed by atoms with van der Waals surface area (Å²) in [6, 6.07) is 47.3. The number of halogens is 8. The van der Waals surface area contributed by atoms with Gasteiger partial charge in [-0.05, 0) is 178 Å². The van der Waals surface area contributed by atoms with Crippen LogP contribution in [-0.2, 0) is 38.9 Å². The maximum Gasteiger partial charge on any atom is 0.335 e. The number of hydrogen-bond donors (Lipinski definition) is 7. The van der Waals surface area contributed by atoms with E-state index in [-0.39, 0.29) is 74.3 Å². The average molecular weight is 1520 g/mol. The first kappa shape index (κ1) is 77.0. The molecule has 9 aromatic heterocycles. The SMILES string of the molecule is C.Cl.N#Cc1cc(Cc2cc(C(=O)NCc3cc4cc[nH]c4cc3F)ccn2)cc2cc(Cl)cnc12.N#Cc1cc(Cc2cc(C(=O)NCc3cc4cc[nH]c4cc3F)ccn2)cc2cc(Cl)cnc12.N#Cc1cc(Cc2cc(C(=O)O)ccn2)cc2cc(Cl)cnc12.NCc1cc2cc[nH]c2cc1F.[2H]CF. The smallest absolute Gasteiger partial charge is 0.335 e. The highest BCUT2D eigenvalue weighted by atomic mass is 35.5. The molecule has 0 aliphatic carbocycles. The number of nitrogens with two attached hydrogens (primary N) is 1. The third-order valence-corrected chi connectivity index (χ3v) is 17.0. The number of benzene rings is 6. The van der Waals surface area contributed by atoms with E-state index in [1.54, 1.807) is 110 Å². The van der Waals surface area contributed by atoms with Gasteiger partial charge in [-0.3, -0.25) is 43.9 Å². The first-order valence-electron chi connectivity index (χ1n) is 32.4. The first-order valence-corrected chi connectivity index (χ1v) is 32.8. The number of H-pyrrole nitrogens is 3. The van der Waals surface area contributed by atoms with Crippen molar-refractivity contribution in [3.63, 3.8) is 0 Å². The van der Waals surface area contributed by atoms with Gasteiger partial charge in [0.2, 0.25) is 0 Å². The molecule has 0 aliphatic rings. The number of pyridine rings is 6. The van der Waals surface area contributed by atoms with Crippen molar-refractivity contribution in [2.24, 2.45) is 5.73 Å². The van der Waals surface area contributed by atoms with E-state index in [0.717, 1.165) is 54.5 Å². The molecule has 15 aromatic rings. The van der Waals surface area contributed by atoms with E-state index in [1.807, 2.05) is 36.4 Å². The maximum atomic E-state index is 14.3. The summed E-state index contributed by atoms with van der Waals surface area (Å²) in [5, 5.41) is 49.4. The fraction of sp³-hybridized carbons (Fsp3) is 0.100. The predicted molar refractivity (Wildman–Crippen MR) is 409 cm³/mol. The van der Waals surface area contributed by atoms with Gasteiger partial charge in [0.05, 0.1) is 62.4 Å². The molecular weight excluding hydrogens is 1450 g/mol. The molecule has 8 N–H and O–H groups in total. The molecule has 0 saturated carbocycles. The lowest BCUT2D eigenvalue weighted by Gasteiger charge is -2.09. The molecule has 0 saturated heterocycles. The Bertz CT molecular complexity index is 5740. The van der Waals surface area contributed by atoms with E-state index in [1.165, 1.54) is 55.1 Å². The Balaban J connectivity index is 0.000000171. The fourth-order valence-corrected chi connectivity index (χ4v) is 12.0. The molecule has 2 amide bonds. The molecule has 536 valence electrons. The van der Waals surface area contributed by atoms with E-state index in [4.69, 9.17) is 47.0 Å². The Morgan fingerprint density at radius 3 is 1.12 bits per heavy atom. The van der Waals surface area contributed by atoms with Crippen molar-refractivity contribution in [1.82, 2.24) is 55.5 Å². The van der Waals surface area contributed by atoms with Crippen molar-refractivity contribution in [2.45, 2.75) is 46.3 Å². The Hall–Kier alpha value is -12.7. The summed E-state index contributed by atoms with van der Waals surface area (Å²) >= 11 is 18.1. The number of alkyl halides is 1. The minimum atomic E-state index is -1.00. The van der Waals surface area contributed by atoms with Crippen LogP contribution in [0.3, 0.4) is 0 Å².